The zero-order valence-corrected chi connectivity index (χ0v) is 13.0. The summed E-state index contributed by atoms with van der Waals surface area (Å²) in [4.78, 5) is 12.2. The van der Waals surface area contributed by atoms with Gasteiger partial charge >= 0.3 is 5.69 Å². The van der Waals surface area contributed by atoms with E-state index >= 15 is 0 Å². The van der Waals surface area contributed by atoms with Gasteiger partial charge in [0.1, 0.15) is 0 Å². The fourth-order valence-corrected chi connectivity index (χ4v) is 2.31. The molecule has 0 aliphatic carbocycles. The minimum atomic E-state index is -0.808. The second-order valence-corrected chi connectivity index (χ2v) is 4.43. The van der Waals surface area contributed by atoms with E-state index in [2.05, 4.69) is 16.8 Å². The van der Waals surface area contributed by atoms with Crippen molar-refractivity contribution in [2.24, 2.45) is 0 Å². The summed E-state index contributed by atoms with van der Waals surface area (Å²) >= 11 is 0. The molecule has 1 saturated heterocycles. The number of halogens is 3. The van der Waals surface area contributed by atoms with Crippen LogP contribution in [0.1, 0.15) is 11.6 Å². The smallest absolute Gasteiger partial charge is 0.305 e. The lowest BCUT2D eigenvalue weighted by atomic mass is 10.0. The van der Waals surface area contributed by atoms with E-state index in [1.54, 1.807) is 12.1 Å². The molecule has 0 bridgehead atoms. The number of nitrogens with one attached hydrogen (secondary N) is 1. The van der Waals surface area contributed by atoms with Crippen molar-refractivity contribution < 1.29 is 9.31 Å². The van der Waals surface area contributed by atoms with Crippen LogP contribution in [0.2, 0.25) is 0 Å². The SMILES string of the molecule is C=C[C@@H](c1ccc(F)c([N+](=O)[O-])c1)N1CCNCC1.Cl.Cl. The van der Waals surface area contributed by atoms with E-state index in [-0.39, 0.29) is 30.9 Å². The largest absolute Gasteiger partial charge is 0.314 e. The van der Waals surface area contributed by atoms with Crippen LogP contribution in [-0.4, -0.2) is 36.0 Å². The molecule has 1 atom stereocenters. The second kappa shape index (κ2) is 8.94. The quantitative estimate of drug-likeness (QED) is 0.521. The van der Waals surface area contributed by atoms with Gasteiger partial charge < -0.3 is 5.32 Å². The Morgan fingerprint density at radius 2 is 2.00 bits per heavy atom. The van der Waals surface area contributed by atoms with E-state index in [4.69, 9.17) is 0 Å². The van der Waals surface area contributed by atoms with Gasteiger partial charge in [-0.15, -0.1) is 31.4 Å². The maximum atomic E-state index is 13.3. The molecule has 0 radical (unpaired) electrons. The monoisotopic (exact) mass is 337 g/mol. The van der Waals surface area contributed by atoms with Crippen molar-refractivity contribution in [3.8, 4) is 0 Å². The van der Waals surface area contributed by atoms with Gasteiger partial charge in [-0.1, -0.05) is 12.1 Å². The van der Waals surface area contributed by atoms with E-state index in [1.165, 1.54) is 6.07 Å². The lowest BCUT2D eigenvalue weighted by molar-refractivity contribution is -0.387. The Kier molecular flexibility index (Phi) is 8.43. The molecular formula is C13H18Cl2FN3O2. The van der Waals surface area contributed by atoms with Crippen molar-refractivity contribution in [1.82, 2.24) is 10.2 Å². The average Bonchev–Trinajstić information content (AvgIpc) is 2.42. The molecule has 1 N–H and O–H groups in total. The third kappa shape index (κ3) is 4.64. The zero-order valence-electron chi connectivity index (χ0n) is 11.3. The molecule has 21 heavy (non-hydrogen) atoms. The Balaban J connectivity index is 0.00000200. The molecule has 0 spiro atoms. The van der Waals surface area contributed by atoms with Crippen molar-refractivity contribution in [1.29, 1.82) is 0 Å². The number of piperazine rings is 1. The molecule has 0 aromatic heterocycles. The molecular weight excluding hydrogens is 320 g/mol. The van der Waals surface area contributed by atoms with Crippen molar-refractivity contribution >= 4 is 30.5 Å². The van der Waals surface area contributed by atoms with E-state index in [9.17, 15) is 14.5 Å². The first-order valence-electron chi connectivity index (χ1n) is 6.14. The Labute approximate surface area is 135 Å². The fraction of sp³-hybridized carbons (Fsp3) is 0.385. The highest BCUT2D eigenvalue weighted by atomic mass is 35.5. The maximum absolute atomic E-state index is 13.3. The molecule has 118 valence electrons. The summed E-state index contributed by atoms with van der Waals surface area (Å²) in [6.07, 6.45) is 1.74. The molecule has 0 unspecified atom stereocenters. The number of nitro benzene ring substituents is 1. The van der Waals surface area contributed by atoms with Crippen LogP contribution in [0.3, 0.4) is 0 Å². The van der Waals surface area contributed by atoms with E-state index in [0.717, 1.165) is 32.2 Å². The molecule has 1 aromatic rings. The molecule has 1 aromatic carbocycles. The Morgan fingerprint density at radius 3 is 2.52 bits per heavy atom. The van der Waals surface area contributed by atoms with Crippen LogP contribution in [-0.2, 0) is 0 Å². The molecule has 1 fully saturated rings. The van der Waals surface area contributed by atoms with Gasteiger partial charge in [-0.05, 0) is 11.6 Å². The first-order chi connectivity index (χ1) is 9.13. The zero-order chi connectivity index (χ0) is 13.8. The summed E-state index contributed by atoms with van der Waals surface area (Å²) in [6, 6.07) is 3.90. The number of nitro groups is 1. The molecule has 5 nitrogen and oxygen atoms in total. The number of hydrogen-bond acceptors (Lipinski definition) is 4. The highest BCUT2D eigenvalue weighted by Crippen LogP contribution is 2.27. The normalized spacial score (nSPS) is 16.2. The molecule has 8 heteroatoms. The molecule has 2 rings (SSSR count). The summed E-state index contributed by atoms with van der Waals surface area (Å²) < 4.78 is 13.3. The third-order valence-electron chi connectivity index (χ3n) is 3.28. The lowest BCUT2D eigenvalue weighted by Gasteiger charge is -2.33. The predicted octanol–water partition coefficient (Wildman–Crippen LogP) is 2.71. The predicted molar refractivity (Wildman–Crippen MR) is 84.9 cm³/mol. The highest BCUT2D eigenvalue weighted by Gasteiger charge is 2.22. The molecule has 0 amide bonds. The average molecular weight is 338 g/mol. The first-order valence-corrected chi connectivity index (χ1v) is 6.14. The Bertz CT molecular complexity index is 496. The van der Waals surface area contributed by atoms with Gasteiger partial charge in [0.15, 0.2) is 0 Å². The third-order valence-corrected chi connectivity index (χ3v) is 3.28. The van der Waals surface area contributed by atoms with Crippen LogP contribution in [0, 0.1) is 15.9 Å². The van der Waals surface area contributed by atoms with Gasteiger partial charge in [-0.2, -0.15) is 4.39 Å². The van der Waals surface area contributed by atoms with Gasteiger partial charge in [0, 0.05) is 32.2 Å². The van der Waals surface area contributed by atoms with Crippen LogP contribution in [0.5, 0.6) is 0 Å². The van der Waals surface area contributed by atoms with Crippen LogP contribution in [0.4, 0.5) is 10.1 Å². The lowest BCUT2D eigenvalue weighted by Crippen LogP contribution is -2.44. The summed E-state index contributed by atoms with van der Waals surface area (Å²) in [5, 5.41) is 14.0. The van der Waals surface area contributed by atoms with Gasteiger partial charge in [0.25, 0.3) is 0 Å². The molecule has 1 aliphatic heterocycles. The number of rotatable bonds is 4. The van der Waals surface area contributed by atoms with E-state index in [0.29, 0.717) is 5.56 Å². The van der Waals surface area contributed by atoms with Gasteiger partial charge in [-0.3, -0.25) is 15.0 Å². The van der Waals surface area contributed by atoms with Gasteiger partial charge in [0.2, 0.25) is 5.82 Å². The van der Waals surface area contributed by atoms with E-state index in [1.807, 2.05) is 0 Å². The van der Waals surface area contributed by atoms with Crippen molar-refractivity contribution in [3.05, 3.63) is 52.3 Å². The maximum Gasteiger partial charge on any atom is 0.305 e. The first kappa shape index (κ1) is 19.8. The number of benzene rings is 1. The Hall–Kier alpha value is -1.21. The molecule has 0 saturated carbocycles. The second-order valence-electron chi connectivity index (χ2n) is 4.43. The summed E-state index contributed by atoms with van der Waals surface area (Å²) in [5.41, 5.74) is 0.212. The van der Waals surface area contributed by atoms with Crippen molar-refractivity contribution in [3.63, 3.8) is 0 Å². The fourth-order valence-electron chi connectivity index (χ4n) is 2.31. The van der Waals surface area contributed by atoms with Crippen LogP contribution < -0.4 is 5.32 Å². The number of hydrogen-bond donors (Lipinski definition) is 1. The van der Waals surface area contributed by atoms with Crippen LogP contribution in [0.15, 0.2) is 30.9 Å². The molecule has 1 aliphatic rings. The summed E-state index contributed by atoms with van der Waals surface area (Å²) in [5.74, 6) is -0.808. The standard InChI is InChI=1S/C13H16FN3O2.2ClH/c1-2-12(16-7-5-15-6-8-16)10-3-4-11(14)13(9-10)17(18)19;;/h2-4,9,12,15H,1,5-8H2;2*1H/t12-;;/m0../s1. The topological polar surface area (TPSA) is 58.4 Å². The van der Waals surface area contributed by atoms with Crippen LogP contribution in [0.25, 0.3) is 0 Å². The summed E-state index contributed by atoms with van der Waals surface area (Å²) in [6.45, 7) is 7.19. The van der Waals surface area contributed by atoms with E-state index < -0.39 is 16.4 Å². The molecule has 1 heterocycles. The minimum Gasteiger partial charge on any atom is -0.314 e. The van der Waals surface area contributed by atoms with Crippen molar-refractivity contribution in [2.45, 2.75) is 6.04 Å². The summed E-state index contributed by atoms with van der Waals surface area (Å²) in [7, 11) is 0. The van der Waals surface area contributed by atoms with Crippen LogP contribution >= 0.6 is 24.8 Å². The Morgan fingerprint density at radius 1 is 1.38 bits per heavy atom. The minimum absolute atomic E-state index is 0. The van der Waals surface area contributed by atoms with Crippen molar-refractivity contribution in [2.75, 3.05) is 26.2 Å². The highest BCUT2D eigenvalue weighted by molar-refractivity contribution is 5.85. The van der Waals surface area contributed by atoms with Gasteiger partial charge in [-0.25, -0.2) is 0 Å². The van der Waals surface area contributed by atoms with Gasteiger partial charge in [0.05, 0.1) is 11.0 Å². The number of nitrogens with zero attached hydrogens (tertiary/aromatic N) is 2.